The summed E-state index contributed by atoms with van der Waals surface area (Å²) in [4.78, 5) is 27.1. The van der Waals surface area contributed by atoms with E-state index in [-0.39, 0.29) is 11.8 Å². The van der Waals surface area contributed by atoms with Crippen molar-refractivity contribution in [2.45, 2.75) is 91.9 Å². The highest BCUT2D eigenvalue weighted by Crippen LogP contribution is 2.45. The van der Waals surface area contributed by atoms with Gasteiger partial charge in [-0.15, -0.1) is 0 Å². The van der Waals surface area contributed by atoms with Gasteiger partial charge in [0.2, 0.25) is 0 Å². The maximum Gasteiger partial charge on any atom is 0.324 e. The molecule has 170 valence electrons. The minimum absolute atomic E-state index is 0.147. The van der Waals surface area contributed by atoms with E-state index in [9.17, 15) is 9.59 Å². The van der Waals surface area contributed by atoms with E-state index in [1.165, 1.54) is 0 Å². The Morgan fingerprint density at radius 1 is 0.833 bits per heavy atom. The predicted molar refractivity (Wildman–Crippen MR) is 122 cm³/mol. The molecule has 0 N–H and O–H groups in total. The van der Waals surface area contributed by atoms with Gasteiger partial charge < -0.3 is 9.47 Å². The van der Waals surface area contributed by atoms with Crippen LogP contribution < -0.4 is 0 Å². The lowest BCUT2D eigenvalue weighted by molar-refractivity contribution is -0.176. The molecule has 0 aliphatic carbocycles. The van der Waals surface area contributed by atoms with E-state index in [1.807, 2.05) is 51.1 Å². The molecular weight excluding hydrogens is 376 g/mol. The largest absolute Gasteiger partial charge is 0.465 e. The molecule has 4 heteroatoms. The summed E-state index contributed by atoms with van der Waals surface area (Å²) in [5.41, 5.74) is -0.334. The van der Waals surface area contributed by atoms with Crippen LogP contribution in [0.5, 0.6) is 0 Å². The van der Waals surface area contributed by atoms with Crippen LogP contribution in [0.25, 0.3) is 0 Å². The molecule has 1 aromatic rings. The average Bonchev–Trinajstić information content (AvgIpc) is 2.74. The average molecular weight is 419 g/mol. The summed E-state index contributed by atoms with van der Waals surface area (Å²) in [6.07, 6.45) is 6.81. The maximum atomic E-state index is 13.5. The Bertz CT molecular complexity index is 585. The Morgan fingerprint density at radius 3 is 1.73 bits per heavy atom. The molecule has 0 fully saturated rings. The zero-order valence-electron chi connectivity index (χ0n) is 19.7. The Balaban J connectivity index is 3.30. The van der Waals surface area contributed by atoms with E-state index < -0.39 is 17.4 Å². The molecule has 0 aromatic heterocycles. The fourth-order valence-electron chi connectivity index (χ4n) is 4.17. The van der Waals surface area contributed by atoms with E-state index in [0.717, 1.165) is 44.1 Å². The molecular formula is C26H42O4. The van der Waals surface area contributed by atoms with E-state index in [0.29, 0.717) is 26.1 Å². The first-order valence-electron chi connectivity index (χ1n) is 11.8. The van der Waals surface area contributed by atoms with Gasteiger partial charge in [0.1, 0.15) is 0 Å². The van der Waals surface area contributed by atoms with Crippen LogP contribution in [0.15, 0.2) is 30.3 Å². The molecule has 1 atom stereocenters. The summed E-state index contributed by atoms with van der Waals surface area (Å²) < 4.78 is 11.4. The quantitative estimate of drug-likeness (QED) is 0.181. The first-order valence-corrected chi connectivity index (χ1v) is 11.8. The molecule has 0 aliphatic heterocycles. The Kier molecular flexibility index (Phi) is 12.4. The Labute approximate surface area is 183 Å². The summed E-state index contributed by atoms with van der Waals surface area (Å²) >= 11 is 0. The highest BCUT2D eigenvalue weighted by molar-refractivity contribution is 6.01. The maximum absolute atomic E-state index is 13.5. The molecule has 0 radical (unpaired) electrons. The molecule has 0 amide bonds. The summed E-state index contributed by atoms with van der Waals surface area (Å²) in [7, 11) is 0. The molecule has 0 bridgehead atoms. The van der Waals surface area contributed by atoms with Gasteiger partial charge in [-0.05, 0) is 37.2 Å². The van der Waals surface area contributed by atoms with Gasteiger partial charge in [0.15, 0.2) is 5.41 Å². The lowest BCUT2D eigenvalue weighted by atomic mass is 9.66. The molecule has 30 heavy (non-hydrogen) atoms. The number of unbranched alkanes of at least 4 members (excludes halogenated alkanes) is 4. The van der Waals surface area contributed by atoms with Crippen molar-refractivity contribution in [3.63, 3.8) is 0 Å². The van der Waals surface area contributed by atoms with E-state index in [4.69, 9.17) is 9.47 Å². The van der Waals surface area contributed by atoms with Crippen LogP contribution in [0.4, 0.5) is 0 Å². The van der Waals surface area contributed by atoms with Crippen LogP contribution in [0.1, 0.15) is 97.5 Å². The minimum atomic E-state index is -1.32. The third kappa shape index (κ3) is 7.45. The van der Waals surface area contributed by atoms with E-state index in [1.54, 1.807) is 0 Å². The van der Waals surface area contributed by atoms with Crippen LogP contribution in [0, 0.1) is 11.3 Å². The van der Waals surface area contributed by atoms with Crippen molar-refractivity contribution in [1.82, 2.24) is 0 Å². The minimum Gasteiger partial charge on any atom is -0.465 e. The lowest BCUT2D eigenvalue weighted by Crippen LogP contribution is -2.48. The smallest absolute Gasteiger partial charge is 0.324 e. The molecule has 0 heterocycles. The third-order valence-electron chi connectivity index (χ3n) is 5.63. The number of carbonyl (C=O) groups excluding carboxylic acids is 2. The SMILES string of the molecule is CCCCCOC(=O)C(CC(C)C)(C(=O)OCCCCC)C(CC)c1ccccc1. The normalized spacial score (nSPS) is 12.6. The van der Waals surface area contributed by atoms with Crippen LogP contribution in [0.2, 0.25) is 0 Å². The lowest BCUT2D eigenvalue weighted by Gasteiger charge is -2.37. The molecule has 4 nitrogen and oxygen atoms in total. The van der Waals surface area contributed by atoms with E-state index in [2.05, 4.69) is 13.8 Å². The van der Waals surface area contributed by atoms with Gasteiger partial charge in [-0.1, -0.05) is 90.6 Å². The summed E-state index contributed by atoms with van der Waals surface area (Å²) in [6, 6.07) is 9.86. The molecule has 0 saturated carbocycles. The molecule has 1 aromatic carbocycles. The van der Waals surface area contributed by atoms with Crippen LogP contribution >= 0.6 is 0 Å². The highest BCUT2D eigenvalue weighted by atomic mass is 16.6. The van der Waals surface area contributed by atoms with Crippen molar-refractivity contribution in [3.05, 3.63) is 35.9 Å². The van der Waals surface area contributed by atoms with Gasteiger partial charge in [-0.25, -0.2) is 0 Å². The van der Waals surface area contributed by atoms with Crippen molar-refractivity contribution in [2.24, 2.45) is 11.3 Å². The number of ether oxygens (including phenoxy) is 2. The number of esters is 2. The zero-order chi connectivity index (χ0) is 22.4. The van der Waals surface area contributed by atoms with Gasteiger partial charge in [0.25, 0.3) is 0 Å². The number of hydrogen-bond donors (Lipinski definition) is 0. The van der Waals surface area contributed by atoms with Gasteiger partial charge in [0.05, 0.1) is 13.2 Å². The van der Waals surface area contributed by atoms with Gasteiger partial charge in [-0.3, -0.25) is 9.59 Å². The topological polar surface area (TPSA) is 52.6 Å². The monoisotopic (exact) mass is 418 g/mol. The number of carbonyl (C=O) groups is 2. The summed E-state index contributed by atoms with van der Waals surface area (Å²) in [5.74, 6) is -0.986. The molecule has 0 saturated heterocycles. The fourth-order valence-corrected chi connectivity index (χ4v) is 4.17. The van der Waals surface area contributed by atoms with Crippen LogP contribution in [-0.2, 0) is 19.1 Å². The van der Waals surface area contributed by atoms with Crippen molar-refractivity contribution < 1.29 is 19.1 Å². The first-order chi connectivity index (χ1) is 14.4. The molecule has 0 aliphatic rings. The third-order valence-corrected chi connectivity index (χ3v) is 5.63. The van der Waals surface area contributed by atoms with Crippen molar-refractivity contribution in [1.29, 1.82) is 0 Å². The first kappa shape index (κ1) is 26.2. The van der Waals surface area contributed by atoms with Gasteiger partial charge in [0, 0.05) is 5.92 Å². The van der Waals surface area contributed by atoms with E-state index >= 15 is 0 Å². The zero-order valence-corrected chi connectivity index (χ0v) is 19.7. The predicted octanol–water partition coefficient (Wildman–Crippen LogP) is 6.68. The number of rotatable bonds is 15. The Morgan fingerprint density at radius 2 is 1.33 bits per heavy atom. The fraction of sp³-hybridized carbons (Fsp3) is 0.692. The molecule has 1 rings (SSSR count). The highest BCUT2D eigenvalue weighted by Gasteiger charge is 2.54. The summed E-state index contributed by atoms with van der Waals surface area (Å²) in [6.45, 7) is 11.0. The van der Waals surface area contributed by atoms with Gasteiger partial charge in [-0.2, -0.15) is 0 Å². The molecule has 1 unspecified atom stereocenters. The Hall–Kier alpha value is -1.84. The van der Waals surface area contributed by atoms with Gasteiger partial charge >= 0.3 is 11.9 Å². The second kappa shape index (κ2) is 14.2. The van der Waals surface area contributed by atoms with Crippen molar-refractivity contribution in [3.8, 4) is 0 Å². The number of hydrogen-bond acceptors (Lipinski definition) is 4. The molecule has 0 spiro atoms. The summed E-state index contributed by atoms with van der Waals surface area (Å²) in [5, 5.41) is 0. The van der Waals surface area contributed by atoms with Crippen molar-refractivity contribution >= 4 is 11.9 Å². The standard InChI is InChI=1S/C26H42O4/c1-6-9-14-18-29-24(27)26(20-21(4)5,25(28)30-19-15-10-7-2)23(8-3)22-16-12-11-13-17-22/h11-13,16-17,21,23H,6-10,14-15,18-20H2,1-5H3. The number of benzene rings is 1. The second-order valence-corrected chi connectivity index (χ2v) is 8.63. The second-order valence-electron chi connectivity index (χ2n) is 8.63. The van der Waals surface area contributed by atoms with Crippen LogP contribution in [-0.4, -0.2) is 25.2 Å². The van der Waals surface area contributed by atoms with Crippen LogP contribution in [0.3, 0.4) is 0 Å². The van der Waals surface area contributed by atoms with Crippen molar-refractivity contribution in [2.75, 3.05) is 13.2 Å².